The molecule has 2 aromatic carbocycles. The summed E-state index contributed by atoms with van der Waals surface area (Å²) in [6.07, 6.45) is 13.6. The molecule has 0 spiro atoms. The van der Waals surface area contributed by atoms with Gasteiger partial charge in [-0.15, -0.1) is 0 Å². The standard InChI is InChI=1S/C37H38FN9O.C24H30N6O4/c1-26-42-33-8-7-32(29-11-14-40-35(39)22-29)43-37(33)47(26)30-6-9-34(31(38)23-30)45-20-18-44(19-21-45)15-3-2-4-27-5-10-36(41-24-27)46-16-12-28(25-48)13-17-46;1-16-4-3-5-19(22(16)24(34)29(15-31)20-6-7-21(32)27-23(20)33)25-12-17-13-26-30(14-17)18-8-10-28(2)11-9-18/h5-11,14,22-25,28H,3,12-13,15-21H2,1H3,(H2,39,40);3-5,13-15,18,20,25H,6-12H2,1-2H3,(H,27,32,33). The quantitative estimate of drug-likeness (QED) is 0.0612. The number of nitrogens with zero attached hydrogens (tertiary/aromatic N) is 12. The average molecular weight is 1110 g/mol. The van der Waals surface area contributed by atoms with Crippen molar-refractivity contribution in [2.45, 2.75) is 77.4 Å². The van der Waals surface area contributed by atoms with Crippen LogP contribution in [0.3, 0.4) is 0 Å². The Morgan fingerprint density at radius 1 is 0.878 bits per heavy atom. The second-order valence-electron chi connectivity index (χ2n) is 21.4. The number of hydrogen-bond donors (Lipinski definition) is 3. The highest BCUT2D eigenvalue weighted by molar-refractivity contribution is 6.09. The Morgan fingerprint density at radius 3 is 2.40 bits per heavy atom. The van der Waals surface area contributed by atoms with Gasteiger partial charge in [0.05, 0.1) is 34.9 Å². The first-order valence-corrected chi connectivity index (χ1v) is 28.0. The van der Waals surface area contributed by atoms with Gasteiger partial charge in [0.15, 0.2) is 5.65 Å². The van der Waals surface area contributed by atoms with Gasteiger partial charge in [-0.1, -0.05) is 24.0 Å². The molecule has 1 atom stereocenters. The summed E-state index contributed by atoms with van der Waals surface area (Å²) < 4.78 is 19.6. The van der Waals surface area contributed by atoms with Crippen molar-refractivity contribution < 1.29 is 28.4 Å². The highest BCUT2D eigenvalue weighted by Crippen LogP contribution is 2.30. The molecule has 20 nitrogen and oxygen atoms in total. The monoisotopic (exact) mass is 1110 g/mol. The molecule has 82 heavy (non-hydrogen) atoms. The molecule has 4 aliphatic rings. The maximum absolute atomic E-state index is 15.6. The van der Waals surface area contributed by atoms with E-state index in [4.69, 9.17) is 10.7 Å². The number of pyridine rings is 3. The number of carbonyl (C=O) groups is 5. The molecule has 424 valence electrons. The van der Waals surface area contributed by atoms with Gasteiger partial charge in [-0.3, -0.25) is 43.5 Å². The van der Waals surface area contributed by atoms with Crippen LogP contribution in [0.2, 0.25) is 0 Å². The van der Waals surface area contributed by atoms with E-state index in [1.54, 1.807) is 37.4 Å². The summed E-state index contributed by atoms with van der Waals surface area (Å²) in [6, 6.07) is 21.6. The molecular formula is C61H68FN15O5. The molecule has 1 unspecified atom stereocenters. The number of aromatic nitrogens is 7. The Bertz CT molecular complexity index is 3510. The molecule has 4 fully saturated rings. The van der Waals surface area contributed by atoms with Crippen molar-refractivity contribution in [2.24, 2.45) is 5.92 Å². The topological polar surface area (TPSA) is 226 Å². The van der Waals surface area contributed by atoms with Gasteiger partial charge in [0.1, 0.15) is 41.1 Å². The van der Waals surface area contributed by atoms with Crippen LogP contribution in [0.5, 0.6) is 0 Å². The number of imide groups is 2. The van der Waals surface area contributed by atoms with Crippen molar-refractivity contribution in [1.82, 2.24) is 54.3 Å². The number of nitrogens with two attached hydrogens (primary N) is 1. The smallest absolute Gasteiger partial charge is 0.263 e. The molecule has 4 aliphatic heterocycles. The third-order valence-electron chi connectivity index (χ3n) is 15.8. The molecule has 5 aromatic heterocycles. The number of hydrogen-bond acceptors (Lipinski definition) is 16. The van der Waals surface area contributed by atoms with Gasteiger partial charge in [0, 0.05) is 118 Å². The number of benzene rings is 2. The number of aldehydes is 1. The summed E-state index contributed by atoms with van der Waals surface area (Å²) in [6.45, 7) is 12.0. The third kappa shape index (κ3) is 13.1. The number of anilines is 4. The second kappa shape index (κ2) is 25.7. The molecule has 0 saturated carbocycles. The molecule has 9 heterocycles. The van der Waals surface area contributed by atoms with Crippen molar-refractivity contribution in [1.29, 1.82) is 0 Å². The lowest BCUT2D eigenvalue weighted by molar-refractivity contribution is -0.139. The van der Waals surface area contributed by atoms with Gasteiger partial charge in [0.2, 0.25) is 18.2 Å². The van der Waals surface area contributed by atoms with E-state index in [0.29, 0.717) is 58.7 Å². The summed E-state index contributed by atoms with van der Waals surface area (Å²) in [7, 11) is 2.13. The van der Waals surface area contributed by atoms with Crippen LogP contribution in [0.4, 0.5) is 27.4 Å². The van der Waals surface area contributed by atoms with Gasteiger partial charge in [-0.25, -0.2) is 24.3 Å². The molecule has 7 aromatic rings. The first-order valence-electron chi connectivity index (χ1n) is 28.0. The first kappa shape index (κ1) is 56.4. The number of likely N-dealkylation sites (tertiary alicyclic amines) is 1. The molecule has 4 N–H and O–H groups in total. The lowest BCUT2D eigenvalue weighted by Gasteiger charge is -2.36. The van der Waals surface area contributed by atoms with E-state index < -0.39 is 23.8 Å². The minimum Gasteiger partial charge on any atom is -0.384 e. The van der Waals surface area contributed by atoms with E-state index in [-0.39, 0.29) is 24.6 Å². The molecule has 4 saturated heterocycles. The predicted molar refractivity (Wildman–Crippen MR) is 311 cm³/mol. The van der Waals surface area contributed by atoms with Gasteiger partial charge >= 0.3 is 0 Å². The van der Waals surface area contributed by atoms with Crippen LogP contribution in [0.15, 0.2) is 97.6 Å². The number of rotatable bonds is 14. The highest BCUT2D eigenvalue weighted by atomic mass is 19.1. The predicted octanol–water partition coefficient (Wildman–Crippen LogP) is 6.36. The summed E-state index contributed by atoms with van der Waals surface area (Å²) in [5.41, 5.74) is 13.6. The van der Waals surface area contributed by atoms with Crippen LogP contribution >= 0.6 is 0 Å². The Kier molecular flexibility index (Phi) is 17.7. The molecule has 0 bridgehead atoms. The fraction of sp³-hybridized carbons (Fsp3) is 0.377. The number of aryl methyl sites for hydroxylation is 2. The Morgan fingerprint density at radius 2 is 1.68 bits per heavy atom. The van der Waals surface area contributed by atoms with Crippen LogP contribution in [0, 0.1) is 37.4 Å². The molecule has 0 aliphatic carbocycles. The summed E-state index contributed by atoms with van der Waals surface area (Å²) in [5, 5.41) is 10.0. The summed E-state index contributed by atoms with van der Waals surface area (Å²) in [5.74, 6) is 6.91. The minimum atomic E-state index is -1.01. The van der Waals surface area contributed by atoms with Crippen molar-refractivity contribution in [3.8, 4) is 28.8 Å². The molecular weight excluding hydrogens is 1040 g/mol. The normalized spacial score (nSPS) is 17.3. The number of imidazole rings is 1. The SMILES string of the molecule is Cc1cccc(NCc2cnn(C3CCN(C)CC3)c2)c1C(=O)N(C=O)C1CCC(=O)NC1=O.Cc1nc2ccc(-c3ccnc(N)c3)nc2n1-c1ccc(N2CCN(CCC#Cc3ccc(N4CCC(C=O)CC4)nc3)CC2)c(F)c1. The summed E-state index contributed by atoms with van der Waals surface area (Å²) in [4.78, 5) is 88.0. The number of piperazine rings is 1. The largest absolute Gasteiger partial charge is 0.384 e. The van der Waals surface area contributed by atoms with Crippen LogP contribution in [-0.2, 0) is 25.7 Å². The number of carbonyl (C=O) groups excluding carboxylic acids is 5. The van der Waals surface area contributed by atoms with E-state index in [0.717, 1.165) is 142 Å². The Labute approximate surface area is 475 Å². The van der Waals surface area contributed by atoms with Crippen LogP contribution in [-0.4, -0.2) is 151 Å². The van der Waals surface area contributed by atoms with Crippen LogP contribution < -0.4 is 26.2 Å². The van der Waals surface area contributed by atoms with E-state index >= 15 is 4.39 Å². The van der Waals surface area contributed by atoms with E-state index in [2.05, 4.69) is 69.2 Å². The van der Waals surface area contributed by atoms with Crippen molar-refractivity contribution in [3.63, 3.8) is 0 Å². The number of amides is 4. The Balaban J connectivity index is 0.000000195. The fourth-order valence-electron chi connectivity index (χ4n) is 11.1. The zero-order chi connectivity index (χ0) is 57.3. The van der Waals surface area contributed by atoms with Gasteiger partial charge < -0.3 is 30.5 Å². The molecule has 4 amide bonds. The summed E-state index contributed by atoms with van der Waals surface area (Å²) >= 11 is 0. The lowest BCUT2D eigenvalue weighted by Crippen LogP contribution is -2.54. The highest BCUT2D eigenvalue weighted by Gasteiger charge is 2.36. The maximum Gasteiger partial charge on any atom is 0.263 e. The lowest BCUT2D eigenvalue weighted by atomic mass is 9.99. The van der Waals surface area contributed by atoms with Gasteiger partial charge in [-0.2, -0.15) is 5.10 Å². The zero-order valence-corrected chi connectivity index (χ0v) is 46.5. The molecule has 0 radical (unpaired) electrons. The zero-order valence-electron chi connectivity index (χ0n) is 46.5. The molecule has 21 heteroatoms. The van der Waals surface area contributed by atoms with Crippen LogP contribution in [0.1, 0.15) is 83.9 Å². The van der Waals surface area contributed by atoms with E-state index in [1.807, 2.05) is 83.3 Å². The number of nitrogen functional groups attached to an aromatic ring is 1. The Hall–Kier alpha value is -8.87. The molecule has 11 rings (SSSR count). The number of fused-ring (bicyclic) bond motifs is 1. The third-order valence-corrected chi connectivity index (χ3v) is 15.8. The average Bonchev–Trinajstić information content (AvgIpc) is 4.32. The number of halogens is 1. The fourth-order valence-corrected chi connectivity index (χ4v) is 11.1. The van der Waals surface area contributed by atoms with E-state index in [1.165, 1.54) is 0 Å². The van der Waals surface area contributed by atoms with Crippen molar-refractivity contribution in [2.75, 3.05) is 86.8 Å². The van der Waals surface area contributed by atoms with E-state index in [9.17, 15) is 24.0 Å². The number of nitrogens with one attached hydrogen (secondary N) is 2. The number of piperidine rings is 3. The minimum absolute atomic E-state index is 0.0776. The van der Waals surface area contributed by atoms with Crippen molar-refractivity contribution in [3.05, 3.63) is 131 Å². The van der Waals surface area contributed by atoms with Gasteiger partial charge in [0.25, 0.3) is 5.91 Å². The first-order chi connectivity index (χ1) is 39.8. The van der Waals surface area contributed by atoms with Crippen LogP contribution in [0.25, 0.3) is 28.1 Å². The van der Waals surface area contributed by atoms with Crippen molar-refractivity contribution >= 4 is 64.6 Å². The van der Waals surface area contributed by atoms with Gasteiger partial charge in [-0.05, 0) is 126 Å². The maximum atomic E-state index is 15.6. The second-order valence-corrected chi connectivity index (χ2v) is 21.4.